The number of carbonyl (C=O) groups is 1. The molecule has 0 bridgehead atoms. The topological polar surface area (TPSA) is 67.8 Å². The number of anilines is 1. The van der Waals surface area contributed by atoms with Crippen molar-refractivity contribution in [3.05, 3.63) is 82.9 Å². The largest absolute Gasteiger partial charge is 0.298 e. The molecule has 4 rings (SSSR count). The second-order valence-corrected chi connectivity index (χ2v) is 8.41. The standard InChI is InChI=1S/C24H22N4OS/c1-14-8-15(2)10-19(9-14)21-22(20-11-16(3)26-17(4)12-20)30-24(27-21)28-23(29)18-6-5-7-25-13-18/h5-13H,1-4H3,(H,27,28,29). The van der Waals surface area contributed by atoms with Gasteiger partial charge in [0.1, 0.15) is 0 Å². The summed E-state index contributed by atoms with van der Waals surface area (Å²) in [4.78, 5) is 27.0. The minimum atomic E-state index is -0.225. The fourth-order valence-electron chi connectivity index (χ4n) is 3.51. The average molecular weight is 415 g/mol. The minimum Gasteiger partial charge on any atom is -0.298 e. The zero-order chi connectivity index (χ0) is 21.3. The van der Waals surface area contributed by atoms with Crippen LogP contribution in [0.4, 0.5) is 5.13 Å². The molecule has 3 heterocycles. The molecule has 1 aromatic carbocycles. The first-order chi connectivity index (χ1) is 14.4. The van der Waals surface area contributed by atoms with E-state index in [0.717, 1.165) is 33.1 Å². The fraction of sp³-hybridized carbons (Fsp3) is 0.167. The molecule has 150 valence electrons. The van der Waals surface area contributed by atoms with Gasteiger partial charge in [0.2, 0.25) is 0 Å². The van der Waals surface area contributed by atoms with Gasteiger partial charge in [-0.15, -0.1) is 0 Å². The van der Waals surface area contributed by atoms with Crippen molar-refractivity contribution in [2.24, 2.45) is 0 Å². The molecule has 30 heavy (non-hydrogen) atoms. The van der Waals surface area contributed by atoms with Crippen molar-refractivity contribution in [3.63, 3.8) is 0 Å². The monoisotopic (exact) mass is 414 g/mol. The molecule has 0 saturated carbocycles. The number of hydrogen-bond acceptors (Lipinski definition) is 5. The molecule has 0 saturated heterocycles. The van der Waals surface area contributed by atoms with Crippen LogP contribution in [0.25, 0.3) is 21.7 Å². The molecule has 0 atom stereocenters. The van der Waals surface area contributed by atoms with Gasteiger partial charge in [-0.1, -0.05) is 28.5 Å². The van der Waals surface area contributed by atoms with Crippen LogP contribution in [0.5, 0.6) is 0 Å². The molecule has 3 aromatic heterocycles. The van der Waals surface area contributed by atoms with Gasteiger partial charge in [0.25, 0.3) is 5.91 Å². The molecule has 1 amide bonds. The van der Waals surface area contributed by atoms with E-state index < -0.39 is 0 Å². The minimum absolute atomic E-state index is 0.225. The summed E-state index contributed by atoms with van der Waals surface area (Å²) in [7, 11) is 0. The molecule has 4 aromatic rings. The predicted octanol–water partition coefficient (Wildman–Crippen LogP) is 5.75. The smallest absolute Gasteiger partial charge is 0.259 e. The lowest BCUT2D eigenvalue weighted by atomic mass is 10.0. The van der Waals surface area contributed by atoms with Gasteiger partial charge in [-0.2, -0.15) is 0 Å². The summed E-state index contributed by atoms with van der Waals surface area (Å²) >= 11 is 1.47. The highest BCUT2D eigenvalue weighted by Crippen LogP contribution is 2.40. The summed E-state index contributed by atoms with van der Waals surface area (Å²) < 4.78 is 0. The molecule has 0 fully saturated rings. The molecule has 0 spiro atoms. The quantitative estimate of drug-likeness (QED) is 0.461. The van der Waals surface area contributed by atoms with Crippen LogP contribution in [0.3, 0.4) is 0 Å². The van der Waals surface area contributed by atoms with E-state index in [2.05, 4.69) is 59.5 Å². The number of carbonyl (C=O) groups excluding carboxylic acids is 1. The van der Waals surface area contributed by atoms with Crippen molar-refractivity contribution < 1.29 is 4.79 Å². The normalized spacial score (nSPS) is 10.8. The average Bonchev–Trinajstić information content (AvgIpc) is 3.11. The lowest BCUT2D eigenvalue weighted by Gasteiger charge is -2.07. The van der Waals surface area contributed by atoms with Crippen LogP contribution in [-0.4, -0.2) is 20.9 Å². The fourth-order valence-corrected chi connectivity index (χ4v) is 4.48. The van der Waals surface area contributed by atoms with E-state index in [9.17, 15) is 4.79 Å². The van der Waals surface area contributed by atoms with Gasteiger partial charge in [0.05, 0.1) is 16.1 Å². The van der Waals surface area contributed by atoms with E-state index in [-0.39, 0.29) is 5.91 Å². The number of aromatic nitrogens is 3. The maximum atomic E-state index is 12.6. The number of pyridine rings is 2. The Bertz CT molecular complexity index is 1120. The van der Waals surface area contributed by atoms with E-state index in [4.69, 9.17) is 4.98 Å². The first-order valence-corrected chi connectivity index (χ1v) is 10.5. The molecular weight excluding hydrogens is 392 g/mol. The number of hydrogen-bond donors (Lipinski definition) is 1. The van der Waals surface area contributed by atoms with E-state index in [1.165, 1.54) is 22.5 Å². The Labute approximate surface area is 179 Å². The highest BCUT2D eigenvalue weighted by Gasteiger charge is 2.18. The number of amides is 1. The van der Waals surface area contributed by atoms with Gasteiger partial charge in [-0.25, -0.2) is 4.98 Å². The van der Waals surface area contributed by atoms with Crippen molar-refractivity contribution in [2.75, 3.05) is 5.32 Å². The second-order valence-electron chi connectivity index (χ2n) is 7.41. The number of nitrogens with zero attached hydrogens (tertiary/aromatic N) is 3. The van der Waals surface area contributed by atoms with Gasteiger partial charge in [-0.3, -0.25) is 20.1 Å². The second kappa shape index (κ2) is 8.16. The lowest BCUT2D eigenvalue weighted by Crippen LogP contribution is -2.11. The van der Waals surface area contributed by atoms with Gasteiger partial charge < -0.3 is 0 Å². The molecule has 1 N–H and O–H groups in total. The zero-order valence-corrected chi connectivity index (χ0v) is 18.2. The highest BCUT2D eigenvalue weighted by molar-refractivity contribution is 7.19. The third-order valence-corrected chi connectivity index (χ3v) is 5.63. The van der Waals surface area contributed by atoms with Crippen LogP contribution in [0.1, 0.15) is 32.9 Å². The summed E-state index contributed by atoms with van der Waals surface area (Å²) in [6.07, 6.45) is 3.19. The Hall–Kier alpha value is -3.38. The van der Waals surface area contributed by atoms with Crippen molar-refractivity contribution in [1.82, 2.24) is 15.0 Å². The van der Waals surface area contributed by atoms with Crippen LogP contribution in [0, 0.1) is 27.7 Å². The van der Waals surface area contributed by atoms with E-state index in [1.807, 2.05) is 13.8 Å². The molecule has 0 aliphatic rings. The highest BCUT2D eigenvalue weighted by atomic mass is 32.1. The first-order valence-electron chi connectivity index (χ1n) is 9.65. The number of rotatable bonds is 4. The van der Waals surface area contributed by atoms with Crippen molar-refractivity contribution >= 4 is 22.4 Å². The summed E-state index contributed by atoms with van der Waals surface area (Å²) in [6.45, 7) is 8.13. The Morgan fingerprint density at radius 1 is 0.900 bits per heavy atom. The zero-order valence-electron chi connectivity index (χ0n) is 17.4. The van der Waals surface area contributed by atoms with Gasteiger partial charge >= 0.3 is 0 Å². The first kappa shape index (κ1) is 19.9. The van der Waals surface area contributed by atoms with Crippen LogP contribution in [-0.2, 0) is 0 Å². The van der Waals surface area contributed by atoms with E-state index in [0.29, 0.717) is 10.7 Å². The molecule has 0 radical (unpaired) electrons. The Morgan fingerprint density at radius 2 is 1.60 bits per heavy atom. The van der Waals surface area contributed by atoms with Gasteiger partial charge in [0, 0.05) is 29.3 Å². The molecule has 0 aliphatic heterocycles. The summed E-state index contributed by atoms with van der Waals surface area (Å²) in [6, 6.07) is 14.0. The predicted molar refractivity (Wildman–Crippen MR) is 122 cm³/mol. The molecular formula is C24H22N4OS. The maximum absolute atomic E-state index is 12.6. The molecule has 0 aliphatic carbocycles. The number of nitrogens with one attached hydrogen (secondary N) is 1. The molecule has 6 heteroatoms. The van der Waals surface area contributed by atoms with Crippen LogP contribution in [0.2, 0.25) is 0 Å². The number of aryl methyl sites for hydroxylation is 4. The number of benzene rings is 1. The molecule has 0 unspecified atom stereocenters. The summed E-state index contributed by atoms with van der Waals surface area (Å²) in [5, 5.41) is 3.49. The molecule has 5 nitrogen and oxygen atoms in total. The Balaban J connectivity index is 1.82. The van der Waals surface area contributed by atoms with Crippen LogP contribution < -0.4 is 5.32 Å². The maximum Gasteiger partial charge on any atom is 0.259 e. The Morgan fingerprint density at radius 3 is 2.23 bits per heavy atom. The lowest BCUT2D eigenvalue weighted by molar-refractivity contribution is 0.102. The third-order valence-electron chi connectivity index (χ3n) is 4.61. The third kappa shape index (κ3) is 4.28. The van der Waals surface area contributed by atoms with Crippen LogP contribution >= 0.6 is 11.3 Å². The van der Waals surface area contributed by atoms with Crippen molar-refractivity contribution in [2.45, 2.75) is 27.7 Å². The van der Waals surface area contributed by atoms with Crippen molar-refractivity contribution in [3.8, 4) is 21.7 Å². The van der Waals surface area contributed by atoms with Crippen LogP contribution in [0.15, 0.2) is 54.9 Å². The summed E-state index contributed by atoms with van der Waals surface area (Å²) in [5.74, 6) is -0.225. The van der Waals surface area contributed by atoms with Gasteiger partial charge in [-0.05, 0) is 69.7 Å². The van der Waals surface area contributed by atoms with Gasteiger partial charge in [0.15, 0.2) is 5.13 Å². The Kier molecular flexibility index (Phi) is 5.42. The SMILES string of the molecule is Cc1cc(C)cc(-c2nc(NC(=O)c3cccnc3)sc2-c2cc(C)nc(C)c2)c1. The van der Waals surface area contributed by atoms with E-state index >= 15 is 0 Å². The summed E-state index contributed by atoms with van der Waals surface area (Å²) in [5.41, 5.74) is 7.69. The van der Waals surface area contributed by atoms with Crippen molar-refractivity contribution in [1.29, 1.82) is 0 Å². The number of thiazole rings is 1. The van der Waals surface area contributed by atoms with E-state index in [1.54, 1.807) is 24.5 Å².